The van der Waals surface area contributed by atoms with Crippen LogP contribution in [0.4, 0.5) is 0 Å². The van der Waals surface area contributed by atoms with Crippen LogP contribution in [0.2, 0.25) is 0 Å². The molecule has 0 unspecified atom stereocenters. The van der Waals surface area contributed by atoms with Gasteiger partial charge in [0.25, 0.3) is 0 Å². The van der Waals surface area contributed by atoms with Gasteiger partial charge in [-0.15, -0.1) is 0 Å². The largest absolute Gasteiger partial charge is 0.223 e. The highest BCUT2D eigenvalue weighted by molar-refractivity contribution is 14.1. The van der Waals surface area contributed by atoms with Crippen LogP contribution in [0.3, 0.4) is 0 Å². The normalized spacial score (nSPS) is 9.71. The van der Waals surface area contributed by atoms with Crippen LogP contribution in [0.5, 0.6) is 0 Å². The van der Waals surface area contributed by atoms with Gasteiger partial charge in [0.1, 0.15) is 18.7 Å². The third kappa shape index (κ3) is 1.61. The lowest BCUT2D eigenvalue weighted by Gasteiger charge is -2.02. The summed E-state index contributed by atoms with van der Waals surface area (Å²) < 4.78 is 2.61. The second-order valence-corrected chi connectivity index (χ2v) is 3.86. The molecule has 2 rings (SSSR count). The average Bonchev–Trinajstić information content (AvgIpc) is 2.70. The van der Waals surface area contributed by atoms with Crippen LogP contribution < -0.4 is 0 Å². The minimum atomic E-state index is 0.599. The number of nitrogens with zero attached hydrogens (tertiary/aromatic N) is 4. The van der Waals surface area contributed by atoms with Crippen LogP contribution in [-0.2, 0) is 0 Å². The molecule has 1 aromatic heterocycles. The summed E-state index contributed by atoms with van der Waals surface area (Å²) in [6.07, 6.45) is 3.02. The van der Waals surface area contributed by atoms with Gasteiger partial charge in [0.05, 0.1) is 11.3 Å². The molecule has 0 N–H and O–H groups in total. The van der Waals surface area contributed by atoms with Gasteiger partial charge in [-0.2, -0.15) is 10.4 Å². The zero-order chi connectivity index (χ0) is 9.97. The van der Waals surface area contributed by atoms with Crippen molar-refractivity contribution in [3.63, 3.8) is 0 Å². The van der Waals surface area contributed by atoms with Crippen LogP contribution in [0, 0.1) is 14.9 Å². The molecule has 0 saturated carbocycles. The van der Waals surface area contributed by atoms with Gasteiger partial charge in [-0.1, -0.05) is 0 Å². The molecular formula is C9H5IN4. The smallest absolute Gasteiger partial charge is 0.138 e. The zero-order valence-corrected chi connectivity index (χ0v) is 9.21. The lowest BCUT2D eigenvalue weighted by molar-refractivity contribution is 0.875. The van der Waals surface area contributed by atoms with Crippen LogP contribution in [0.15, 0.2) is 30.9 Å². The lowest BCUT2D eigenvalue weighted by atomic mass is 10.2. The van der Waals surface area contributed by atoms with Gasteiger partial charge >= 0.3 is 0 Å². The average molecular weight is 296 g/mol. The first-order valence-electron chi connectivity index (χ1n) is 3.86. The molecular weight excluding hydrogens is 291 g/mol. The fraction of sp³-hybridized carbons (Fsp3) is 0. The highest BCUT2D eigenvalue weighted by Crippen LogP contribution is 2.15. The Balaban J connectivity index is 2.60. The quantitative estimate of drug-likeness (QED) is 0.753. The fourth-order valence-corrected chi connectivity index (χ4v) is 1.62. The molecule has 0 atom stereocenters. The Morgan fingerprint density at radius 2 is 2.29 bits per heavy atom. The minimum absolute atomic E-state index is 0.599. The van der Waals surface area contributed by atoms with Gasteiger partial charge < -0.3 is 0 Å². The van der Waals surface area contributed by atoms with Gasteiger partial charge in [-0.05, 0) is 40.8 Å². The van der Waals surface area contributed by atoms with Gasteiger partial charge in [0.2, 0.25) is 0 Å². The van der Waals surface area contributed by atoms with E-state index in [4.69, 9.17) is 5.26 Å². The highest BCUT2D eigenvalue weighted by Gasteiger charge is 2.04. The van der Waals surface area contributed by atoms with Gasteiger partial charge in [-0.25, -0.2) is 9.67 Å². The summed E-state index contributed by atoms with van der Waals surface area (Å²) in [7, 11) is 0. The van der Waals surface area contributed by atoms with Crippen molar-refractivity contribution in [2.24, 2.45) is 0 Å². The number of hydrogen-bond donors (Lipinski definition) is 0. The summed E-state index contributed by atoms with van der Waals surface area (Å²) in [5.74, 6) is 0. The maximum Gasteiger partial charge on any atom is 0.138 e. The zero-order valence-electron chi connectivity index (χ0n) is 7.05. The molecule has 4 nitrogen and oxygen atoms in total. The first-order valence-corrected chi connectivity index (χ1v) is 4.94. The molecule has 0 fully saturated rings. The van der Waals surface area contributed by atoms with Crippen molar-refractivity contribution in [1.29, 1.82) is 5.26 Å². The van der Waals surface area contributed by atoms with Crippen molar-refractivity contribution in [3.8, 4) is 11.8 Å². The summed E-state index contributed by atoms with van der Waals surface area (Å²) in [4.78, 5) is 3.84. The van der Waals surface area contributed by atoms with Crippen molar-refractivity contribution in [2.45, 2.75) is 0 Å². The number of benzene rings is 1. The Bertz CT molecular complexity index is 484. The Hall–Kier alpha value is -1.42. The van der Waals surface area contributed by atoms with E-state index in [1.165, 1.54) is 6.33 Å². The topological polar surface area (TPSA) is 54.5 Å². The lowest BCUT2D eigenvalue weighted by Crippen LogP contribution is -1.97. The minimum Gasteiger partial charge on any atom is -0.223 e. The summed E-state index contributed by atoms with van der Waals surface area (Å²) in [5.41, 5.74) is 1.35. The van der Waals surface area contributed by atoms with Gasteiger partial charge in [0.15, 0.2) is 0 Å². The number of nitriles is 1. The third-order valence-corrected chi connectivity index (χ3v) is 2.42. The van der Waals surface area contributed by atoms with E-state index in [0.29, 0.717) is 5.56 Å². The monoisotopic (exact) mass is 296 g/mol. The van der Waals surface area contributed by atoms with Crippen molar-refractivity contribution in [1.82, 2.24) is 14.8 Å². The Labute approximate surface area is 94.3 Å². The van der Waals surface area contributed by atoms with E-state index in [2.05, 4.69) is 38.7 Å². The van der Waals surface area contributed by atoms with Gasteiger partial charge in [-0.3, -0.25) is 0 Å². The Morgan fingerprint density at radius 3 is 2.93 bits per heavy atom. The molecule has 0 bridgehead atoms. The second kappa shape index (κ2) is 3.75. The van der Waals surface area contributed by atoms with E-state index >= 15 is 0 Å². The molecule has 1 heterocycles. The van der Waals surface area contributed by atoms with E-state index in [1.807, 2.05) is 18.2 Å². The molecule has 0 aliphatic heterocycles. The molecule has 0 aliphatic rings. The van der Waals surface area contributed by atoms with Crippen LogP contribution >= 0.6 is 22.6 Å². The molecule has 68 valence electrons. The Kier molecular flexibility index (Phi) is 2.45. The van der Waals surface area contributed by atoms with Crippen molar-refractivity contribution in [2.75, 3.05) is 0 Å². The van der Waals surface area contributed by atoms with Crippen molar-refractivity contribution in [3.05, 3.63) is 40.0 Å². The fourth-order valence-electron chi connectivity index (χ4n) is 1.13. The molecule has 14 heavy (non-hydrogen) atoms. The number of hydrogen-bond acceptors (Lipinski definition) is 3. The molecule has 0 spiro atoms. The molecule has 0 saturated heterocycles. The predicted molar refractivity (Wildman–Crippen MR) is 58.8 cm³/mol. The highest BCUT2D eigenvalue weighted by atomic mass is 127. The number of rotatable bonds is 1. The molecule has 2 aromatic rings. The van der Waals surface area contributed by atoms with Crippen LogP contribution in [0.25, 0.3) is 5.69 Å². The van der Waals surface area contributed by atoms with E-state index in [-0.39, 0.29) is 0 Å². The van der Waals surface area contributed by atoms with Gasteiger partial charge in [0, 0.05) is 3.57 Å². The molecule has 0 amide bonds. The Morgan fingerprint density at radius 1 is 1.43 bits per heavy atom. The number of aromatic nitrogens is 3. The second-order valence-electron chi connectivity index (χ2n) is 2.61. The van der Waals surface area contributed by atoms with Crippen molar-refractivity contribution < 1.29 is 0 Å². The molecule has 0 radical (unpaired) electrons. The van der Waals surface area contributed by atoms with Crippen LogP contribution in [-0.4, -0.2) is 14.8 Å². The van der Waals surface area contributed by atoms with Crippen LogP contribution in [0.1, 0.15) is 5.56 Å². The predicted octanol–water partition coefficient (Wildman–Crippen LogP) is 1.74. The molecule has 1 aromatic carbocycles. The molecule has 5 heteroatoms. The first kappa shape index (κ1) is 9.15. The summed E-state index contributed by atoms with van der Waals surface area (Å²) in [6.45, 7) is 0. The SMILES string of the molecule is N#Cc1cc(I)ccc1-n1cncn1. The summed E-state index contributed by atoms with van der Waals surface area (Å²) in [6, 6.07) is 7.73. The number of halogens is 1. The van der Waals surface area contributed by atoms with E-state index < -0.39 is 0 Å². The third-order valence-electron chi connectivity index (χ3n) is 1.74. The van der Waals surface area contributed by atoms with E-state index in [1.54, 1.807) is 11.0 Å². The van der Waals surface area contributed by atoms with E-state index in [9.17, 15) is 0 Å². The standard InChI is InChI=1S/C9H5IN4/c10-8-1-2-9(7(3-8)4-11)14-6-12-5-13-14/h1-3,5-6H. The maximum absolute atomic E-state index is 8.93. The molecule has 0 aliphatic carbocycles. The summed E-state index contributed by atoms with van der Waals surface area (Å²) in [5, 5.41) is 12.9. The van der Waals surface area contributed by atoms with Crippen molar-refractivity contribution >= 4 is 22.6 Å². The first-order chi connectivity index (χ1) is 6.81. The summed E-state index contributed by atoms with van der Waals surface area (Å²) >= 11 is 2.17. The van der Waals surface area contributed by atoms with E-state index in [0.717, 1.165) is 9.26 Å². The maximum atomic E-state index is 8.93.